The maximum Gasteiger partial charge on any atom is 0.321 e. The van der Waals surface area contributed by atoms with Crippen molar-refractivity contribution in [3.8, 4) is 11.5 Å². The largest absolute Gasteiger partial charge is 0.497 e. The van der Waals surface area contributed by atoms with Crippen LogP contribution >= 0.6 is 0 Å². The quantitative estimate of drug-likeness (QED) is 0.827. The van der Waals surface area contributed by atoms with E-state index in [4.69, 9.17) is 9.47 Å². The summed E-state index contributed by atoms with van der Waals surface area (Å²) in [5.41, 5.74) is 1.37. The number of nitrogens with zero attached hydrogens (tertiary/aromatic N) is 1. The highest BCUT2D eigenvalue weighted by molar-refractivity contribution is 5.94. The van der Waals surface area contributed by atoms with E-state index >= 15 is 0 Å². The molecule has 0 bridgehead atoms. The van der Waals surface area contributed by atoms with Gasteiger partial charge in [0.15, 0.2) is 0 Å². The van der Waals surface area contributed by atoms with E-state index in [1.807, 2.05) is 30.3 Å². The highest BCUT2D eigenvalue weighted by Crippen LogP contribution is 2.30. The van der Waals surface area contributed by atoms with Gasteiger partial charge in [0, 0.05) is 30.8 Å². The first kappa shape index (κ1) is 19.5. The highest BCUT2D eigenvalue weighted by atomic mass is 16.5. The van der Waals surface area contributed by atoms with Crippen LogP contribution < -0.4 is 20.1 Å². The van der Waals surface area contributed by atoms with Crippen molar-refractivity contribution in [2.45, 2.75) is 12.8 Å². The molecule has 1 aliphatic heterocycles. The fourth-order valence-electron chi connectivity index (χ4n) is 3.21. The van der Waals surface area contributed by atoms with Crippen molar-refractivity contribution in [3.05, 3.63) is 48.5 Å². The zero-order valence-corrected chi connectivity index (χ0v) is 16.1. The van der Waals surface area contributed by atoms with E-state index in [1.54, 1.807) is 37.3 Å². The number of carbonyl (C=O) groups excluding carboxylic acids is 2. The van der Waals surface area contributed by atoms with Crippen LogP contribution in [-0.4, -0.2) is 44.1 Å². The maximum absolute atomic E-state index is 12.6. The summed E-state index contributed by atoms with van der Waals surface area (Å²) in [5, 5.41) is 5.81. The van der Waals surface area contributed by atoms with Gasteiger partial charge >= 0.3 is 6.03 Å². The van der Waals surface area contributed by atoms with Crippen LogP contribution in [0.2, 0.25) is 0 Å². The predicted octanol–water partition coefficient (Wildman–Crippen LogP) is 3.59. The molecule has 7 heteroatoms. The predicted molar refractivity (Wildman–Crippen MR) is 108 cm³/mol. The third-order valence-electron chi connectivity index (χ3n) is 4.84. The minimum Gasteiger partial charge on any atom is -0.497 e. The van der Waals surface area contributed by atoms with Gasteiger partial charge in [0.25, 0.3) is 0 Å². The monoisotopic (exact) mass is 383 g/mol. The number of amides is 3. The Kier molecular flexibility index (Phi) is 6.37. The van der Waals surface area contributed by atoms with Crippen molar-refractivity contribution in [1.82, 2.24) is 4.90 Å². The summed E-state index contributed by atoms with van der Waals surface area (Å²) in [5.74, 6) is 0.999. The minimum atomic E-state index is -0.146. The molecule has 0 aromatic heterocycles. The molecule has 2 aromatic carbocycles. The first-order chi connectivity index (χ1) is 13.6. The topological polar surface area (TPSA) is 79.9 Å². The van der Waals surface area contributed by atoms with Crippen LogP contribution in [0.5, 0.6) is 11.5 Å². The number of anilines is 2. The summed E-state index contributed by atoms with van der Waals surface area (Å²) in [7, 11) is 3.13. The molecular formula is C21H25N3O4. The van der Waals surface area contributed by atoms with Crippen LogP contribution in [0.4, 0.5) is 16.2 Å². The molecule has 7 nitrogen and oxygen atoms in total. The molecule has 1 aliphatic rings. The number of carbonyl (C=O) groups is 2. The van der Waals surface area contributed by atoms with Gasteiger partial charge in [-0.05, 0) is 37.1 Å². The number of likely N-dealkylation sites (tertiary alicyclic amines) is 1. The second-order valence-corrected chi connectivity index (χ2v) is 6.61. The number of rotatable bonds is 5. The lowest BCUT2D eigenvalue weighted by Crippen LogP contribution is -2.43. The lowest BCUT2D eigenvalue weighted by atomic mass is 9.96. The Balaban J connectivity index is 1.53. The summed E-state index contributed by atoms with van der Waals surface area (Å²) in [6, 6.07) is 14.5. The number of piperidine rings is 1. The lowest BCUT2D eigenvalue weighted by molar-refractivity contribution is -0.121. The third kappa shape index (κ3) is 4.73. The number of methoxy groups -OCH3 is 2. The van der Waals surface area contributed by atoms with Crippen LogP contribution in [0.1, 0.15) is 12.8 Å². The summed E-state index contributed by atoms with van der Waals surface area (Å²) in [6.45, 7) is 1.08. The van der Waals surface area contributed by atoms with Crippen molar-refractivity contribution >= 4 is 23.3 Å². The van der Waals surface area contributed by atoms with Crippen LogP contribution in [0.15, 0.2) is 48.5 Å². The number of para-hydroxylation sites is 1. The molecule has 3 amide bonds. The van der Waals surface area contributed by atoms with Gasteiger partial charge < -0.3 is 25.0 Å². The first-order valence-electron chi connectivity index (χ1n) is 9.24. The Labute approximate surface area is 164 Å². The van der Waals surface area contributed by atoms with Crippen LogP contribution in [-0.2, 0) is 4.79 Å². The van der Waals surface area contributed by atoms with E-state index < -0.39 is 0 Å². The molecule has 1 saturated heterocycles. The number of benzene rings is 2. The molecule has 1 heterocycles. The zero-order chi connectivity index (χ0) is 19.9. The number of ether oxygens (including phenoxy) is 2. The molecule has 0 unspecified atom stereocenters. The molecule has 148 valence electrons. The summed E-state index contributed by atoms with van der Waals surface area (Å²) in [6.07, 6.45) is 1.24. The SMILES string of the molecule is COc1ccc(NC(=O)C2CCN(C(=O)Nc3ccccc3)CC2)c(OC)c1. The molecule has 0 radical (unpaired) electrons. The third-order valence-corrected chi connectivity index (χ3v) is 4.84. The molecule has 0 saturated carbocycles. The maximum atomic E-state index is 12.6. The average molecular weight is 383 g/mol. The van der Waals surface area contributed by atoms with Gasteiger partial charge in [-0.3, -0.25) is 4.79 Å². The highest BCUT2D eigenvalue weighted by Gasteiger charge is 2.28. The number of hydrogen-bond acceptors (Lipinski definition) is 4. The van der Waals surface area contributed by atoms with Crippen molar-refractivity contribution in [3.63, 3.8) is 0 Å². The molecule has 0 atom stereocenters. The van der Waals surface area contributed by atoms with E-state index in [2.05, 4.69) is 10.6 Å². The Morgan fingerprint density at radius 3 is 2.32 bits per heavy atom. The molecule has 1 fully saturated rings. The average Bonchev–Trinajstić information content (AvgIpc) is 2.74. The number of nitrogens with one attached hydrogen (secondary N) is 2. The van der Waals surface area contributed by atoms with Crippen LogP contribution in [0.3, 0.4) is 0 Å². The van der Waals surface area contributed by atoms with Gasteiger partial charge in [0.2, 0.25) is 5.91 Å². The van der Waals surface area contributed by atoms with Crippen LogP contribution in [0, 0.1) is 5.92 Å². The normalized spacial score (nSPS) is 14.3. The van der Waals surface area contributed by atoms with Gasteiger partial charge in [-0.15, -0.1) is 0 Å². The smallest absolute Gasteiger partial charge is 0.321 e. The first-order valence-corrected chi connectivity index (χ1v) is 9.24. The van der Waals surface area contributed by atoms with Gasteiger partial charge in [-0.1, -0.05) is 18.2 Å². The molecule has 0 aliphatic carbocycles. The van der Waals surface area contributed by atoms with Crippen molar-refractivity contribution in [2.24, 2.45) is 5.92 Å². The Morgan fingerprint density at radius 1 is 0.964 bits per heavy atom. The molecule has 28 heavy (non-hydrogen) atoms. The van der Waals surface area contributed by atoms with Crippen molar-refractivity contribution < 1.29 is 19.1 Å². The summed E-state index contributed by atoms with van der Waals surface area (Å²) < 4.78 is 10.5. The number of urea groups is 1. The molecule has 3 rings (SSSR count). The second-order valence-electron chi connectivity index (χ2n) is 6.61. The summed E-state index contributed by atoms with van der Waals surface area (Å²) in [4.78, 5) is 26.7. The van der Waals surface area contributed by atoms with E-state index in [9.17, 15) is 9.59 Å². The fourth-order valence-corrected chi connectivity index (χ4v) is 3.21. The van der Waals surface area contributed by atoms with Crippen LogP contribution in [0.25, 0.3) is 0 Å². The minimum absolute atomic E-state index is 0.0633. The Morgan fingerprint density at radius 2 is 1.68 bits per heavy atom. The summed E-state index contributed by atoms with van der Waals surface area (Å²) >= 11 is 0. The molecular weight excluding hydrogens is 358 g/mol. The van der Waals surface area contributed by atoms with Gasteiger partial charge in [-0.2, -0.15) is 0 Å². The molecule has 0 spiro atoms. The molecule has 2 aromatic rings. The Bertz CT molecular complexity index is 818. The second kappa shape index (κ2) is 9.12. The standard InChI is InChI=1S/C21H25N3O4/c1-27-17-8-9-18(19(14-17)28-2)23-20(25)15-10-12-24(13-11-15)21(26)22-16-6-4-3-5-7-16/h3-9,14-15H,10-13H2,1-2H3,(H,22,26)(H,23,25). The fraction of sp³-hybridized carbons (Fsp3) is 0.333. The van der Waals surface area contributed by atoms with Crippen molar-refractivity contribution in [1.29, 1.82) is 0 Å². The van der Waals surface area contributed by atoms with E-state index in [1.165, 1.54) is 0 Å². The number of hydrogen-bond donors (Lipinski definition) is 2. The van der Waals surface area contributed by atoms with Gasteiger partial charge in [0.05, 0.1) is 19.9 Å². The van der Waals surface area contributed by atoms with E-state index in [0.717, 1.165) is 5.69 Å². The van der Waals surface area contributed by atoms with E-state index in [0.29, 0.717) is 43.1 Å². The van der Waals surface area contributed by atoms with Gasteiger partial charge in [-0.25, -0.2) is 4.79 Å². The van der Waals surface area contributed by atoms with E-state index in [-0.39, 0.29) is 17.9 Å². The van der Waals surface area contributed by atoms with Crippen molar-refractivity contribution in [2.75, 3.05) is 37.9 Å². The molecule has 2 N–H and O–H groups in total. The zero-order valence-electron chi connectivity index (χ0n) is 16.1. The Hall–Kier alpha value is -3.22. The lowest BCUT2D eigenvalue weighted by Gasteiger charge is -2.31. The van der Waals surface area contributed by atoms with Gasteiger partial charge in [0.1, 0.15) is 11.5 Å².